The smallest absolute Gasteiger partial charge is 0.341 e. The fourth-order valence-corrected chi connectivity index (χ4v) is 2.55. The lowest BCUT2D eigenvalue weighted by Crippen LogP contribution is -3.05. The molecule has 0 fully saturated rings. The lowest BCUT2D eigenvalue weighted by molar-refractivity contribution is -0.858. The van der Waals surface area contributed by atoms with Crippen molar-refractivity contribution < 1.29 is 14.4 Å². The first-order valence-electron chi connectivity index (χ1n) is 7.81. The van der Waals surface area contributed by atoms with Gasteiger partial charge in [-0.3, -0.25) is 4.98 Å². The second-order valence-electron chi connectivity index (χ2n) is 5.67. The van der Waals surface area contributed by atoms with Crippen LogP contribution < -0.4 is 10.2 Å². The fraction of sp³-hybridized carbons (Fsp3) is 0.412. The zero-order valence-electron chi connectivity index (χ0n) is 13.8. The molecule has 0 aliphatic carbocycles. The first-order chi connectivity index (χ1) is 11.0. The summed E-state index contributed by atoms with van der Waals surface area (Å²) in [5.74, 6) is -0.373. The van der Waals surface area contributed by atoms with Crippen molar-refractivity contribution in [2.24, 2.45) is 0 Å². The lowest BCUT2D eigenvalue weighted by atomic mass is 10.1. The number of hydrogen-bond acceptors (Lipinski definition) is 4. The number of fused-ring (bicyclic) bond motifs is 1. The van der Waals surface area contributed by atoms with Crippen molar-refractivity contribution in [3.05, 3.63) is 35.0 Å². The predicted octanol–water partition coefficient (Wildman–Crippen LogP) is 2.01. The molecule has 2 rings (SSSR count). The Morgan fingerprint density at radius 3 is 2.87 bits per heavy atom. The summed E-state index contributed by atoms with van der Waals surface area (Å²) in [6.45, 7) is 3.93. The zero-order chi connectivity index (χ0) is 16.8. The van der Waals surface area contributed by atoms with Crippen molar-refractivity contribution >= 4 is 34.2 Å². The van der Waals surface area contributed by atoms with Crippen LogP contribution in [0.3, 0.4) is 0 Å². The quantitative estimate of drug-likeness (QED) is 0.600. The van der Waals surface area contributed by atoms with Crippen LogP contribution in [0.2, 0.25) is 5.02 Å². The van der Waals surface area contributed by atoms with Crippen molar-refractivity contribution in [2.75, 3.05) is 39.1 Å². The Morgan fingerprint density at radius 2 is 2.17 bits per heavy atom. The number of anilines is 1. The molecule has 0 spiro atoms. The van der Waals surface area contributed by atoms with Gasteiger partial charge in [0.05, 0.1) is 38.5 Å². The Bertz CT molecular complexity index is 689. The minimum atomic E-state index is -0.373. The number of pyridine rings is 1. The largest absolute Gasteiger partial charge is 0.462 e. The summed E-state index contributed by atoms with van der Waals surface area (Å²) in [5, 5.41) is 4.81. The molecule has 1 heterocycles. The van der Waals surface area contributed by atoms with Crippen LogP contribution in [0.15, 0.2) is 24.4 Å². The van der Waals surface area contributed by atoms with Crippen LogP contribution in [0.1, 0.15) is 23.7 Å². The van der Waals surface area contributed by atoms with E-state index in [1.807, 2.05) is 12.1 Å². The molecule has 6 heteroatoms. The zero-order valence-corrected chi connectivity index (χ0v) is 14.5. The van der Waals surface area contributed by atoms with Gasteiger partial charge in [0.25, 0.3) is 0 Å². The summed E-state index contributed by atoms with van der Waals surface area (Å²) >= 11 is 6.11. The van der Waals surface area contributed by atoms with Crippen molar-refractivity contribution in [3.8, 4) is 0 Å². The first-order valence-corrected chi connectivity index (χ1v) is 8.19. The molecule has 0 radical (unpaired) electrons. The average Bonchev–Trinajstić information content (AvgIpc) is 2.51. The highest BCUT2D eigenvalue weighted by molar-refractivity contribution is 6.31. The molecule has 0 atom stereocenters. The summed E-state index contributed by atoms with van der Waals surface area (Å²) in [6, 6.07) is 5.47. The summed E-state index contributed by atoms with van der Waals surface area (Å²) in [5.41, 5.74) is 1.98. The maximum Gasteiger partial charge on any atom is 0.341 e. The molecule has 2 N–H and O–H groups in total. The monoisotopic (exact) mass is 336 g/mol. The standard InChI is InChI=1S/C17H22ClN3O2/c1-4-23-17(22)14-11-20-15-7-6-12(18)10-13(15)16(14)19-8-5-9-21(2)3/h6-7,10-11H,4-5,8-9H2,1-3H3,(H,19,20)/p+1. The molecule has 0 saturated heterocycles. The summed E-state index contributed by atoms with van der Waals surface area (Å²) in [6.07, 6.45) is 2.56. The van der Waals surface area contributed by atoms with E-state index in [-0.39, 0.29) is 5.97 Å². The van der Waals surface area contributed by atoms with Crippen LogP contribution in [0.4, 0.5) is 5.69 Å². The Balaban J connectivity index is 2.36. The molecule has 1 aromatic heterocycles. The van der Waals surface area contributed by atoms with Gasteiger partial charge < -0.3 is 15.0 Å². The van der Waals surface area contributed by atoms with Gasteiger partial charge in [-0.15, -0.1) is 0 Å². The second kappa shape index (κ2) is 8.13. The highest BCUT2D eigenvalue weighted by Gasteiger charge is 2.16. The van der Waals surface area contributed by atoms with E-state index in [1.54, 1.807) is 19.2 Å². The summed E-state index contributed by atoms with van der Waals surface area (Å²) in [4.78, 5) is 17.9. The Kier molecular flexibility index (Phi) is 6.19. The van der Waals surface area contributed by atoms with Gasteiger partial charge in [-0.1, -0.05) is 11.6 Å². The van der Waals surface area contributed by atoms with Gasteiger partial charge in [0, 0.05) is 29.6 Å². The minimum absolute atomic E-state index is 0.329. The van der Waals surface area contributed by atoms with Crippen LogP contribution >= 0.6 is 11.6 Å². The number of carbonyl (C=O) groups is 1. The number of rotatable bonds is 7. The lowest BCUT2D eigenvalue weighted by Gasteiger charge is -2.14. The van der Waals surface area contributed by atoms with Gasteiger partial charge >= 0.3 is 5.97 Å². The molecule has 0 bridgehead atoms. The molecule has 124 valence electrons. The third-order valence-electron chi connectivity index (χ3n) is 3.48. The summed E-state index contributed by atoms with van der Waals surface area (Å²) in [7, 11) is 4.23. The number of hydrogen-bond donors (Lipinski definition) is 2. The molecule has 0 aliphatic heterocycles. The number of esters is 1. The summed E-state index contributed by atoms with van der Waals surface area (Å²) < 4.78 is 5.14. The van der Waals surface area contributed by atoms with Crippen molar-refractivity contribution in [3.63, 3.8) is 0 Å². The molecular formula is C17H23ClN3O2+. The number of halogens is 1. The minimum Gasteiger partial charge on any atom is -0.462 e. The van der Waals surface area contributed by atoms with E-state index in [9.17, 15) is 4.79 Å². The van der Waals surface area contributed by atoms with Crippen molar-refractivity contribution in [1.29, 1.82) is 0 Å². The first kappa shape index (κ1) is 17.5. The van der Waals surface area contributed by atoms with E-state index in [2.05, 4.69) is 24.4 Å². The van der Waals surface area contributed by atoms with Gasteiger partial charge in [0.1, 0.15) is 5.56 Å². The van der Waals surface area contributed by atoms with E-state index >= 15 is 0 Å². The van der Waals surface area contributed by atoms with Crippen LogP contribution in [0, 0.1) is 0 Å². The molecule has 1 aromatic carbocycles. The van der Waals surface area contributed by atoms with Crippen molar-refractivity contribution in [2.45, 2.75) is 13.3 Å². The highest BCUT2D eigenvalue weighted by atomic mass is 35.5. The van der Waals surface area contributed by atoms with E-state index in [4.69, 9.17) is 16.3 Å². The topological polar surface area (TPSA) is 55.7 Å². The van der Waals surface area contributed by atoms with Gasteiger partial charge in [-0.25, -0.2) is 4.79 Å². The number of quaternary nitrogens is 1. The van der Waals surface area contributed by atoms with Gasteiger partial charge in [-0.2, -0.15) is 0 Å². The maximum atomic E-state index is 12.2. The van der Waals surface area contributed by atoms with Gasteiger partial charge in [-0.05, 0) is 25.1 Å². The molecule has 23 heavy (non-hydrogen) atoms. The molecule has 2 aromatic rings. The third kappa shape index (κ3) is 4.56. The van der Waals surface area contributed by atoms with Gasteiger partial charge in [0.2, 0.25) is 0 Å². The second-order valence-corrected chi connectivity index (χ2v) is 6.10. The number of ether oxygens (including phenoxy) is 1. The van der Waals surface area contributed by atoms with Gasteiger partial charge in [0.15, 0.2) is 0 Å². The van der Waals surface area contributed by atoms with E-state index in [1.165, 1.54) is 4.90 Å². The number of benzene rings is 1. The molecule has 0 aliphatic rings. The van der Waals surface area contributed by atoms with Crippen LogP contribution in [0.5, 0.6) is 0 Å². The maximum absolute atomic E-state index is 12.2. The van der Waals surface area contributed by atoms with E-state index in [0.29, 0.717) is 17.2 Å². The van der Waals surface area contributed by atoms with Crippen LogP contribution in [0.25, 0.3) is 10.9 Å². The number of nitrogens with one attached hydrogen (secondary N) is 2. The van der Waals surface area contributed by atoms with E-state index < -0.39 is 0 Å². The molecular weight excluding hydrogens is 314 g/mol. The van der Waals surface area contributed by atoms with Crippen molar-refractivity contribution in [1.82, 2.24) is 4.98 Å². The third-order valence-corrected chi connectivity index (χ3v) is 3.72. The van der Waals surface area contributed by atoms with E-state index in [0.717, 1.165) is 36.1 Å². The van der Waals surface area contributed by atoms with Crippen LogP contribution in [-0.4, -0.2) is 44.7 Å². The number of aromatic nitrogens is 1. The molecule has 0 saturated carbocycles. The molecule has 5 nitrogen and oxygen atoms in total. The predicted molar refractivity (Wildman–Crippen MR) is 93.5 cm³/mol. The molecule has 0 amide bonds. The fourth-order valence-electron chi connectivity index (χ4n) is 2.37. The highest BCUT2D eigenvalue weighted by Crippen LogP contribution is 2.29. The number of carbonyl (C=O) groups excluding carboxylic acids is 1. The normalized spacial score (nSPS) is 11.0. The Hall–Kier alpha value is -1.85. The molecule has 0 unspecified atom stereocenters. The van der Waals surface area contributed by atoms with Crippen LogP contribution in [-0.2, 0) is 4.74 Å². The Morgan fingerprint density at radius 1 is 1.39 bits per heavy atom. The number of nitrogens with zero attached hydrogens (tertiary/aromatic N) is 1. The SMILES string of the molecule is CCOC(=O)c1cnc2ccc(Cl)cc2c1NCCC[NH+](C)C. The Labute approximate surface area is 141 Å². The average molecular weight is 337 g/mol.